The molecule has 0 spiro atoms. The zero-order valence-electron chi connectivity index (χ0n) is 11.0. The minimum absolute atomic E-state index is 0. The van der Waals surface area contributed by atoms with Gasteiger partial charge in [0.25, 0.3) is 0 Å². The van der Waals surface area contributed by atoms with Gasteiger partial charge in [-0.2, -0.15) is 0 Å². The van der Waals surface area contributed by atoms with Crippen LogP contribution in [0.5, 0.6) is 0 Å². The van der Waals surface area contributed by atoms with Crippen LogP contribution >= 0.6 is 12.4 Å². The van der Waals surface area contributed by atoms with Gasteiger partial charge in [-0.1, -0.05) is 12.1 Å². The molecule has 1 atom stereocenters. The molecule has 1 unspecified atom stereocenters. The monoisotopic (exact) mass is 286 g/mol. The molecule has 2 rings (SSSR count). The molecule has 0 radical (unpaired) electrons. The number of amides is 1. The van der Waals surface area contributed by atoms with Gasteiger partial charge in [0.15, 0.2) is 0 Å². The number of carbonyl (C=O) groups excluding carboxylic acids is 1. The quantitative estimate of drug-likeness (QED) is 0.904. The number of carbonyl (C=O) groups is 1. The minimum atomic E-state index is -0.251. The second kappa shape index (κ2) is 6.87. The first-order chi connectivity index (χ1) is 8.56. The molecule has 0 saturated heterocycles. The molecule has 1 aliphatic rings. The first kappa shape index (κ1) is 15.9. The molecule has 1 saturated carbocycles. The Morgan fingerprint density at radius 2 is 2.00 bits per heavy atom. The van der Waals surface area contributed by atoms with Gasteiger partial charge in [0.05, 0.1) is 0 Å². The van der Waals surface area contributed by atoms with Gasteiger partial charge < -0.3 is 10.6 Å². The van der Waals surface area contributed by atoms with Crippen molar-refractivity contribution in [3.8, 4) is 0 Å². The molecule has 1 fully saturated rings. The van der Waals surface area contributed by atoms with Gasteiger partial charge in [0.2, 0.25) is 5.91 Å². The Hall–Kier alpha value is -1.13. The topological polar surface area (TPSA) is 46.3 Å². The normalized spacial score (nSPS) is 15.5. The summed E-state index contributed by atoms with van der Waals surface area (Å²) in [4.78, 5) is 13.9. The molecule has 3 nitrogen and oxygen atoms in total. The summed E-state index contributed by atoms with van der Waals surface area (Å²) in [6.45, 7) is 2.39. The van der Waals surface area contributed by atoms with Crippen LogP contribution in [-0.4, -0.2) is 22.9 Å². The van der Waals surface area contributed by atoms with Gasteiger partial charge in [0, 0.05) is 25.0 Å². The molecule has 0 heterocycles. The van der Waals surface area contributed by atoms with Crippen LogP contribution in [0.3, 0.4) is 0 Å². The summed E-state index contributed by atoms with van der Waals surface area (Å²) in [5.41, 5.74) is 6.63. The van der Waals surface area contributed by atoms with Crippen molar-refractivity contribution in [3.05, 3.63) is 35.6 Å². The van der Waals surface area contributed by atoms with Crippen LogP contribution in [0.1, 0.15) is 31.7 Å². The maximum atomic E-state index is 12.8. The lowest BCUT2D eigenvalue weighted by Crippen LogP contribution is -2.36. The number of halogens is 2. The minimum Gasteiger partial charge on any atom is -0.335 e. The van der Waals surface area contributed by atoms with E-state index in [9.17, 15) is 9.18 Å². The van der Waals surface area contributed by atoms with Gasteiger partial charge in [-0.25, -0.2) is 4.39 Å². The van der Waals surface area contributed by atoms with E-state index in [1.165, 1.54) is 12.1 Å². The van der Waals surface area contributed by atoms with Gasteiger partial charge in [-0.3, -0.25) is 4.79 Å². The molecule has 0 aromatic heterocycles. The Morgan fingerprint density at radius 1 is 1.42 bits per heavy atom. The standard InChI is InChI=1S/C14H19FN2O.ClH/c1-10(16)8-14(18)17(13-6-7-13)9-11-2-4-12(15)5-3-11;/h2-5,10,13H,6-9,16H2,1H3;1H. The van der Waals surface area contributed by atoms with E-state index in [-0.39, 0.29) is 30.2 Å². The summed E-state index contributed by atoms with van der Waals surface area (Å²) in [5.74, 6) is -0.157. The van der Waals surface area contributed by atoms with E-state index < -0.39 is 0 Å². The number of rotatable bonds is 5. The van der Waals surface area contributed by atoms with Gasteiger partial charge in [-0.05, 0) is 37.5 Å². The molecule has 1 aromatic carbocycles. The largest absolute Gasteiger partial charge is 0.335 e. The van der Waals surface area contributed by atoms with Crippen molar-refractivity contribution in [2.75, 3.05) is 0 Å². The molecule has 0 aliphatic heterocycles. The van der Waals surface area contributed by atoms with E-state index in [2.05, 4.69) is 0 Å². The maximum Gasteiger partial charge on any atom is 0.224 e. The molecular weight excluding hydrogens is 267 g/mol. The molecule has 2 N–H and O–H groups in total. The summed E-state index contributed by atoms with van der Waals surface area (Å²) in [6, 6.07) is 6.54. The highest BCUT2D eigenvalue weighted by molar-refractivity contribution is 5.85. The van der Waals surface area contributed by atoms with Crippen molar-refractivity contribution in [1.82, 2.24) is 4.90 Å². The van der Waals surface area contributed by atoms with E-state index in [0.29, 0.717) is 19.0 Å². The summed E-state index contributed by atoms with van der Waals surface area (Å²) in [7, 11) is 0. The van der Waals surface area contributed by atoms with E-state index in [0.717, 1.165) is 18.4 Å². The number of hydrogen-bond donors (Lipinski definition) is 1. The summed E-state index contributed by atoms with van der Waals surface area (Å²) in [5, 5.41) is 0. The lowest BCUT2D eigenvalue weighted by Gasteiger charge is -2.23. The number of nitrogens with two attached hydrogens (primary N) is 1. The first-order valence-electron chi connectivity index (χ1n) is 6.36. The Morgan fingerprint density at radius 3 is 2.47 bits per heavy atom. The molecule has 1 aliphatic carbocycles. The fraction of sp³-hybridized carbons (Fsp3) is 0.500. The molecule has 106 valence electrons. The Balaban J connectivity index is 0.00000180. The maximum absolute atomic E-state index is 12.8. The third-order valence-corrected chi connectivity index (χ3v) is 3.07. The van der Waals surface area contributed by atoms with E-state index in [1.54, 1.807) is 12.1 Å². The third-order valence-electron chi connectivity index (χ3n) is 3.07. The summed E-state index contributed by atoms with van der Waals surface area (Å²) in [6.07, 6.45) is 2.50. The SMILES string of the molecule is CC(N)CC(=O)N(Cc1ccc(F)cc1)C1CC1.Cl. The molecule has 1 aromatic rings. The lowest BCUT2D eigenvalue weighted by molar-refractivity contribution is -0.132. The fourth-order valence-corrected chi connectivity index (χ4v) is 1.99. The Kier molecular flexibility index (Phi) is 5.76. The highest BCUT2D eigenvalue weighted by atomic mass is 35.5. The zero-order valence-corrected chi connectivity index (χ0v) is 11.8. The van der Waals surface area contributed by atoms with Gasteiger partial charge >= 0.3 is 0 Å². The molecule has 19 heavy (non-hydrogen) atoms. The molecule has 5 heteroatoms. The van der Waals surface area contributed by atoms with E-state index >= 15 is 0 Å². The van der Waals surface area contributed by atoms with Crippen molar-refractivity contribution >= 4 is 18.3 Å². The third kappa shape index (κ3) is 4.80. The van der Waals surface area contributed by atoms with Gasteiger partial charge in [-0.15, -0.1) is 12.4 Å². The predicted octanol–water partition coefficient (Wildman–Crippen LogP) is 2.48. The van der Waals surface area contributed by atoms with Crippen molar-refractivity contribution in [2.24, 2.45) is 5.73 Å². The van der Waals surface area contributed by atoms with Crippen LogP contribution in [0.2, 0.25) is 0 Å². The molecule has 0 bridgehead atoms. The second-order valence-electron chi connectivity index (χ2n) is 5.06. The Bertz CT molecular complexity index is 418. The van der Waals surface area contributed by atoms with Gasteiger partial charge in [0.1, 0.15) is 5.82 Å². The van der Waals surface area contributed by atoms with Crippen LogP contribution < -0.4 is 5.73 Å². The van der Waals surface area contributed by atoms with Crippen LogP contribution in [0.4, 0.5) is 4.39 Å². The number of nitrogens with zero attached hydrogens (tertiary/aromatic N) is 1. The zero-order chi connectivity index (χ0) is 13.1. The highest BCUT2D eigenvalue weighted by Crippen LogP contribution is 2.29. The lowest BCUT2D eigenvalue weighted by atomic mass is 10.1. The molecular formula is C14H20ClFN2O. The Labute approximate surface area is 119 Å². The number of hydrogen-bond acceptors (Lipinski definition) is 2. The van der Waals surface area contributed by atoms with Crippen LogP contribution in [0.25, 0.3) is 0 Å². The number of benzene rings is 1. The second-order valence-corrected chi connectivity index (χ2v) is 5.06. The summed E-state index contributed by atoms with van der Waals surface area (Å²) >= 11 is 0. The average Bonchev–Trinajstić information content (AvgIpc) is 3.11. The van der Waals surface area contributed by atoms with E-state index in [4.69, 9.17) is 5.73 Å². The van der Waals surface area contributed by atoms with Crippen molar-refractivity contribution in [2.45, 2.75) is 44.8 Å². The van der Waals surface area contributed by atoms with E-state index in [1.807, 2.05) is 11.8 Å². The highest BCUT2D eigenvalue weighted by Gasteiger charge is 2.32. The average molecular weight is 287 g/mol. The van der Waals surface area contributed by atoms with Crippen molar-refractivity contribution < 1.29 is 9.18 Å². The smallest absolute Gasteiger partial charge is 0.224 e. The van der Waals surface area contributed by atoms with Crippen LogP contribution in [0.15, 0.2) is 24.3 Å². The molecule has 1 amide bonds. The fourth-order valence-electron chi connectivity index (χ4n) is 1.99. The first-order valence-corrected chi connectivity index (χ1v) is 6.36. The summed E-state index contributed by atoms with van der Waals surface area (Å²) < 4.78 is 12.8. The van der Waals surface area contributed by atoms with Crippen LogP contribution in [-0.2, 0) is 11.3 Å². The van der Waals surface area contributed by atoms with Crippen molar-refractivity contribution in [3.63, 3.8) is 0 Å². The van der Waals surface area contributed by atoms with Crippen molar-refractivity contribution in [1.29, 1.82) is 0 Å². The van der Waals surface area contributed by atoms with Crippen LogP contribution in [0, 0.1) is 5.82 Å². The predicted molar refractivity (Wildman–Crippen MR) is 75.5 cm³/mol.